The van der Waals surface area contributed by atoms with E-state index in [9.17, 15) is 22.7 Å². The summed E-state index contributed by atoms with van der Waals surface area (Å²) in [6, 6.07) is 6.50. The van der Waals surface area contributed by atoms with Gasteiger partial charge >= 0.3 is 12.3 Å². The molecule has 1 unspecified atom stereocenters. The molecule has 0 heterocycles. The minimum atomic E-state index is -4.23. The summed E-state index contributed by atoms with van der Waals surface area (Å²) in [5.41, 5.74) is 0.353. The lowest BCUT2D eigenvalue weighted by Crippen LogP contribution is -2.33. The van der Waals surface area contributed by atoms with Gasteiger partial charge in [-0.15, -0.1) is 0 Å². The second kappa shape index (κ2) is 7.61. The molecule has 0 aliphatic rings. The second-order valence-electron chi connectivity index (χ2n) is 4.80. The molecule has 0 bridgehead atoms. The van der Waals surface area contributed by atoms with E-state index in [1.54, 1.807) is 38.1 Å². The number of aliphatic hydroxyl groups is 1. The number of rotatable bonds is 8. The number of benzene rings is 1. The molecule has 0 saturated carbocycles. The SMILES string of the molecule is CC(C)Oc1ccccc1C(O)COCC(F)(F)C(F)F. The van der Waals surface area contributed by atoms with Gasteiger partial charge in [0.05, 0.1) is 12.7 Å². The van der Waals surface area contributed by atoms with Crippen LogP contribution in [0.25, 0.3) is 0 Å². The first-order chi connectivity index (χ1) is 9.74. The standard InChI is InChI=1S/C14H18F4O3/c1-9(2)21-12-6-4-3-5-10(12)11(19)7-20-8-14(17,18)13(15)16/h3-6,9,11,13,19H,7-8H2,1-2H3. The molecular formula is C14H18F4O3. The summed E-state index contributed by atoms with van der Waals surface area (Å²) in [6.07, 6.45) is -5.18. The van der Waals surface area contributed by atoms with Gasteiger partial charge in [-0.3, -0.25) is 0 Å². The van der Waals surface area contributed by atoms with Crippen molar-refractivity contribution in [3.05, 3.63) is 29.8 Å². The summed E-state index contributed by atoms with van der Waals surface area (Å²) in [5, 5.41) is 9.91. The Hall–Kier alpha value is -1.34. The van der Waals surface area contributed by atoms with Crippen molar-refractivity contribution in [1.82, 2.24) is 0 Å². The molecule has 0 spiro atoms. The number of hydrogen-bond donors (Lipinski definition) is 1. The summed E-state index contributed by atoms with van der Waals surface area (Å²) in [5.74, 6) is -3.84. The molecule has 120 valence electrons. The maximum absolute atomic E-state index is 12.7. The molecular weight excluding hydrogens is 292 g/mol. The predicted molar refractivity (Wildman–Crippen MR) is 68.9 cm³/mol. The van der Waals surface area contributed by atoms with Crippen LogP contribution < -0.4 is 4.74 Å². The van der Waals surface area contributed by atoms with E-state index < -0.39 is 31.7 Å². The third kappa shape index (κ3) is 5.51. The van der Waals surface area contributed by atoms with Crippen molar-refractivity contribution in [2.45, 2.75) is 38.4 Å². The Balaban J connectivity index is 2.62. The maximum atomic E-state index is 12.7. The summed E-state index contributed by atoms with van der Waals surface area (Å²) in [6.45, 7) is 1.61. The highest BCUT2D eigenvalue weighted by Crippen LogP contribution is 2.27. The van der Waals surface area contributed by atoms with Crippen molar-refractivity contribution in [3.8, 4) is 5.75 Å². The molecule has 21 heavy (non-hydrogen) atoms. The van der Waals surface area contributed by atoms with E-state index in [-0.39, 0.29) is 6.10 Å². The minimum absolute atomic E-state index is 0.137. The normalized spacial score (nSPS) is 13.8. The van der Waals surface area contributed by atoms with E-state index >= 15 is 0 Å². The van der Waals surface area contributed by atoms with Crippen LogP contribution in [0.4, 0.5) is 17.6 Å². The first-order valence-corrected chi connectivity index (χ1v) is 6.41. The summed E-state index contributed by atoms with van der Waals surface area (Å²) in [4.78, 5) is 0. The number of ether oxygens (including phenoxy) is 2. The van der Waals surface area contributed by atoms with E-state index in [1.165, 1.54) is 0 Å². The quantitative estimate of drug-likeness (QED) is 0.748. The van der Waals surface area contributed by atoms with Crippen LogP contribution in [0.2, 0.25) is 0 Å². The molecule has 3 nitrogen and oxygen atoms in total. The Kier molecular flexibility index (Phi) is 6.42. The highest BCUT2D eigenvalue weighted by Gasteiger charge is 2.41. The largest absolute Gasteiger partial charge is 0.491 e. The fourth-order valence-corrected chi connectivity index (χ4v) is 1.58. The fourth-order valence-electron chi connectivity index (χ4n) is 1.58. The number of hydrogen-bond acceptors (Lipinski definition) is 3. The monoisotopic (exact) mass is 310 g/mol. The van der Waals surface area contributed by atoms with Gasteiger partial charge in [0, 0.05) is 5.56 Å². The zero-order chi connectivity index (χ0) is 16.0. The molecule has 1 aromatic carbocycles. The first kappa shape index (κ1) is 17.7. The molecule has 0 amide bonds. The van der Waals surface area contributed by atoms with E-state index in [1.807, 2.05) is 0 Å². The summed E-state index contributed by atoms with van der Waals surface area (Å²) < 4.78 is 59.2. The van der Waals surface area contributed by atoms with Gasteiger partial charge in [-0.05, 0) is 19.9 Å². The molecule has 0 radical (unpaired) electrons. The van der Waals surface area contributed by atoms with Gasteiger partial charge < -0.3 is 14.6 Å². The van der Waals surface area contributed by atoms with Crippen LogP contribution in [0.1, 0.15) is 25.5 Å². The zero-order valence-corrected chi connectivity index (χ0v) is 11.7. The molecule has 7 heteroatoms. The van der Waals surface area contributed by atoms with Crippen molar-refractivity contribution in [1.29, 1.82) is 0 Å². The van der Waals surface area contributed by atoms with Crippen LogP contribution in [0, 0.1) is 0 Å². The van der Waals surface area contributed by atoms with Gasteiger partial charge in [0.15, 0.2) is 0 Å². The minimum Gasteiger partial charge on any atom is -0.491 e. The highest BCUT2D eigenvalue weighted by atomic mass is 19.3. The molecule has 1 N–H and O–H groups in total. The lowest BCUT2D eigenvalue weighted by Gasteiger charge is -2.20. The van der Waals surface area contributed by atoms with E-state index in [0.29, 0.717) is 11.3 Å². The van der Waals surface area contributed by atoms with Crippen LogP contribution >= 0.6 is 0 Å². The topological polar surface area (TPSA) is 38.7 Å². The van der Waals surface area contributed by atoms with Gasteiger partial charge in [-0.2, -0.15) is 8.78 Å². The average molecular weight is 310 g/mol. The molecule has 0 fully saturated rings. The predicted octanol–water partition coefficient (Wildman–Crippen LogP) is 3.42. The molecule has 1 rings (SSSR count). The van der Waals surface area contributed by atoms with E-state index in [4.69, 9.17) is 4.74 Å². The van der Waals surface area contributed by atoms with Crippen LogP contribution in [-0.2, 0) is 4.74 Å². The third-order valence-electron chi connectivity index (χ3n) is 2.53. The Bertz CT molecular complexity index is 438. The van der Waals surface area contributed by atoms with Crippen molar-refractivity contribution in [2.75, 3.05) is 13.2 Å². The number of para-hydroxylation sites is 1. The first-order valence-electron chi connectivity index (χ1n) is 6.41. The highest BCUT2D eigenvalue weighted by molar-refractivity contribution is 5.35. The lowest BCUT2D eigenvalue weighted by molar-refractivity contribution is -0.170. The molecule has 0 aliphatic heterocycles. The lowest BCUT2D eigenvalue weighted by atomic mass is 10.1. The second-order valence-corrected chi connectivity index (χ2v) is 4.80. The number of halogens is 4. The molecule has 1 aromatic rings. The summed E-state index contributed by atoms with van der Waals surface area (Å²) in [7, 11) is 0. The zero-order valence-electron chi connectivity index (χ0n) is 11.7. The number of alkyl halides is 4. The Morgan fingerprint density at radius 1 is 1.19 bits per heavy atom. The van der Waals surface area contributed by atoms with Crippen LogP contribution in [0.15, 0.2) is 24.3 Å². The van der Waals surface area contributed by atoms with E-state index in [2.05, 4.69) is 4.74 Å². The number of aliphatic hydroxyl groups excluding tert-OH is 1. The van der Waals surface area contributed by atoms with Crippen molar-refractivity contribution >= 4 is 0 Å². The van der Waals surface area contributed by atoms with Gasteiger partial charge in [0.25, 0.3) is 0 Å². The maximum Gasteiger partial charge on any atom is 0.330 e. The Morgan fingerprint density at radius 2 is 1.81 bits per heavy atom. The van der Waals surface area contributed by atoms with Crippen LogP contribution in [0.5, 0.6) is 5.75 Å². The molecule has 0 saturated heterocycles. The van der Waals surface area contributed by atoms with Crippen molar-refractivity contribution in [3.63, 3.8) is 0 Å². The third-order valence-corrected chi connectivity index (χ3v) is 2.53. The smallest absolute Gasteiger partial charge is 0.330 e. The van der Waals surface area contributed by atoms with Gasteiger partial charge in [-0.1, -0.05) is 18.2 Å². The van der Waals surface area contributed by atoms with E-state index in [0.717, 1.165) is 0 Å². The molecule has 0 aliphatic carbocycles. The summed E-state index contributed by atoms with van der Waals surface area (Å²) >= 11 is 0. The van der Waals surface area contributed by atoms with Crippen molar-refractivity contribution in [2.24, 2.45) is 0 Å². The fraction of sp³-hybridized carbons (Fsp3) is 0.571. The van der Waals surface area contributed by atoms with Gasteiger partial charge in [0.1, 0.15) is 18.5 Å². The van der Waals surface area contributed by atoms with Gasteiger partial charge in [-0.25, -0.2) is 8.78 Å². The molecule has 0 aromatic heterocycles. The molecule has 1 atom stereocenters. The van der Waals surface area contributed by atoms with Crippen LogP contribution in [-0.4, -0.2) is 36.8 Å². The Labute approximate surface area is 120 Å². The van der Waals surface area contributed by atoms with Gasteiger partial charge in [0.2, 0.25) is 0 Å². The average Bonchev–Trinajstić information content (AvgIpc) is 2.38. The van der Waals surface area contributed by atoms with Crippen LogP contribution in [0.3, 0.4) is 0 Å². The Morgan fingerprint density at radius 3 is 2.38 bits per heavy atom. The van der Waals surface area contributed by atoms with Crippen molar-refractivity contribution < 1.29 is 32.1 Å².